The predicted molar refractivity (Wildman–Crippen MR) is 86.0 cm³/mol. The smallest absolute Gasteiger partial charge is 0.117 e. The van der Waals surface area contributed by atoms with Crippen LogP contribution in [0.25, 0.3) is 0 Å². The largest absolute Gasteiger partial charge is 0.468 e. The van der Waals surface area contributed by atoms with E-state index in [0.29, 0.717) is 6.04 Å². The Balaban J connectivity index is 1.66. The average molecular weight is 290 g/mol. The highest BCUT2D eigenvalue weighted by Crippen LogP contribution is 2.37. The first-order valence-electron chi connectivity index (χ1n) is 8.61. The van der Waals surface area contributed by atoms with Gasteiger partial charge in [0.2, 0.25) is 0 Å². The summed E-state index contributed by atoms with van der Waals surface area (Å²) in [5.41, 5.74) is 0. The Morgan fingerprint density at radius 2 is 2.10 bits per heavy atom. The Bertz CT molecular complexity index is 426. The van der Waals surface area contributed by atoms with Gasteiger partial charge in [-0.05, 0) is 62.6 Å². The van der Waals surface area contributed by atoms with Crippen LogP contribution in [-0.4, -0.2) is 30.6 Å². The van der Waals surface area contributed by atoms with Gasteiger partial charge in [0.15, 0.2) is 0 Å². The fraction of sp³-hybridized carbons (Fsp3) is 0.778. The molecule has 0 aliphatic heterocycles. The van der Waals surface area contributed by atoms with Gasteiger partial charge < -0.3 is 9.73 Å². The molecular weight excluding hydrogens is 260 g/mol. The molecule has 3 heteroatoms. The maximum atomic E-state index is 5.57. The van der Waals surface area contributed by atoms with Gasteiger partial charge in [0.1, 0.15) is 5.76 Å². The molecule has 0 saturated heterocycles. The van der Waals surface area contributed by atoms with E-state index in [9.17, 15) is 0 Å². The molecule has 2 fully saturated rings. The second-order valence-electron chi connectivity index (χ2n) is 7.35. The topological polar surface area (TPSA) is 28.4 Å². The summed E-state index contributed by atoms with van der Waals surface area (Å²) in [6.07, 6.45) is 7.22. The van der Waals surface area contributed by atoms with Crippen LogP contribution in [0.5, 0.6) is 0 Å². The molecule has 2 saturated carbocycles. The Morgan fingerprint density at radius 1 is 1.29 bits per heavy atom. The zero-order chi connectivity index (χ0) is 14.8. The quantitative estimate of drug-likeness (QED) is 0.869. The van der Waals surface area contributed by atoms with E-state index in [2.05, 4.69) is 37.2 Å². The molecule has 4 unspecified atom stereocenters. The summed E-state index contributed by atoms with van der Waals surface area (Å²) >= 11 is 0. The summed E-state index contributed by atoms with van der Waals surface area (Å²) in [7, 11) is 2.14. The highest BCUT2D eigenvalue weighted by Gasteiger charge is 2.37. The van der Waals surface area contributed by atoms with Crippen molar-refractivity contribution in [2.24, 2.45) is 17.8 Å². The highest BCUT2D eigenvalue weighted by molar-refractivity contribution is 5.01. The summed E-state index contributed by atoms with van der Waals surface area (Å²) in [6, 6.07) is 5.57. The number of nitrogens with one attached hydrogen (secondary N) is 1. The normalized spacial score (nSPS) is 33.5. The van der Waals surface area contributed by atoms with Gasteiger partial charge in [-0.1, -0.05) is 13.8 Å². The van der Waals surface area contributed by atoms with Crippen molar-refractivity contribution in [3.8, 4) is 0 Å². The Morgan fingerprint density at radius 3 is 2.71 bits per heavy atom. The lowest BCUT2D eigenvalue weighted by molar-refractivity contribution is 0.0936. The molecule has 0 amide bonds. The molecule has 1 aromatic heterocycles. The van der Waals surface area contributed by atoms with Crippen LogP contribution in [0.1, 0.15) is 45.3 Å². The molecule has 3 rings (SSSR count). The van der Waals surface area contributed by atoms with Crippen LogP contribution in [0.15, 0.2) is 22.8 Å². The number of nitrogens with zero attached hydrogens (tertiary/aromatic N) is 1. The summed E-state index contributed by atoms with van der Waals surface area (Å²) in [6.45, 7) is 7.04. The second-order valence-corrected chi connectivity index (χ2v) is 7.35. The number of hydrogen-bond acceptors (Lipinski definition) is 3. The van der Waals surface area contributed by atoms with Crippen LogP contribution in [0.3, 0.4) is 0 Å². The van der Waals surface area contributed by atoms with E-state index >= 15 is 0 Å². The molecule has 2 aliphatic carbocycles. The minimum Gasteiger partial charge on any atom is -0.468 e. The van der Waals surface area contributed by atoms with E-state index in [4.69, 9.17) is 4.42 Å². The molecule has 1 aromatic rings. The SMILES string of the molecule is CNC1CC(C)CC(C)C1CN(Cc1ccco1)C1CC1. The molecule has 0 aromatic carbocycles. The summed E-state index contributed by atoms with van der Waals surface area (Å²) in [5.74, 6) is 3.54. The van der Waals surface area contributed by atoms with E-state index in [0.717, 1.165) is 36.1 Å². The first-order valence-corrected chi connectivity index (χ1v) is 8.61. The highest BCUT2D eigenvalue weighted by atomic mass is 16.3. The van der Waals surface area contributed by atoms with Crippen molar-refractivity contribution < 1.29 is 4.42 Å². The second kappa shape index (κ2) is 6.53. The van der Waals surface area contributed by atoms with E-state index in [1.807, 2.05) is 6.07 Å². The molecule has 0 bridgehead atoms. The molecular formula is C18H30N2O. The van der Waals surface area contributed by atoms with Gasteiger partial charge >= 0.3 is 0 Å². The van der Waals surface area contributed by atoms with Crippen LogP contribution in [0.4, 0.5) is 0 Å². The molecule has 3 nitrogen and oxygen atoms in total. The maximum absolute atomic E-state index is 5.57. The predicted octanol–water partition coefficient (Wildman–Crippen LogP) is 3.51. The van der Waals surface area contributed by atoms with Crippen molar-refractivity contribution in [3.63, 3.8) is 0 Å². The van der Waals surface area contributed by atoms with E-state index in [1.54, 1.807) is 6.26 Å². The van der Waals surface area contributed by atoms with Gasteiger partial charge in [-0.3, -0.25) is 4.90 Å². The molecule has 4 atom stereocenters. The minimum absolute atomic E-state index is 0.668. The van der Waals surface area contributed by atoms with Gasteiger partial charge in [0.25, 0.3) is 0 Å². The van der Waals surface area contributed by atoms with Gasteiger partial charge in [0, 0.05) is 18.6 Å². The Kier molecular flexibility index (Phi) is 4.70. The molecule has 118 valence electrons. The third-order valence-electron chi connectivity index (χ3n) is 5.50. The lowest BCUT2D eigenvalue weighted by Crippen LogP contribution is -2.48. The average Bonchev–Trinajstić information content (AvgIpc) is 3.18. The van der Waals surface area contributed by atoms with Gasteiger partial charge in [-0.15, -0.1) is 0 Å². The van der Waals surface area contributed by atoms with Crippen molar-refractivity contribution in [1.29, 1.82) is 0 Å². The fourth-order valence-corrected chi connectivity index (χ4v) is 4.21. The third kappa shape index (κ3) is 3.70. The summed E-state index contributed by atoms with van der Waals surface area (Å²) < 4.78 is 5.57. The van der Waals surface area contributed by atoms with Crippen molar-refractivity contribution in [2.45, 2.75) is 58.2 Å². The third-order valence-corrected chi connectivity index (χ3v) is 5.50. The van der Waals surface area contributed by atoms with Crippen molar-refractivity contribution >= 4 is 0 Å². The van der Waals surface area contributed by atoms with E-state index in [1.165, 1.54) is 32.2 Å². The zero-order valence-electron chi connectivity index (χ0n) is 13.7. The number of furan rings is 1. The van der Waals surface area contributed by atoms with Crippen LogP contribution in [0, 0.1) is 17.8 Å². The monoisotopic (exact) mass is 290 g/mol. The van der Waals surface area contributed by atoms with Crippen LogP contribution >= 0.6 is 0 Å². The number of hydrogen-bond donors (Lipinski definition) is 1. The van der Waals surface area contributed by atoms with Gasteiger partial charge in [-0.25, -0.2) is 0 Å². The first-order chi connectivity index (χ1) is 10.2. The molecule has 1 N–H and O–H groups in total. The van der Waals surface area contributed by atoms with Crippen molar-refractivity contribution in [3.05, 3.63) is 24.2 Å². The van der Waals surface area contributed by atoms with Crippen LogP contribution < -0.4 is 5.32 Å². The van der Waals surface area contributed by atoms with Gasteiger partial charge in [0.05, 0.1) is 12.8 Å². The van der Waals surface area contributed by atoms with Crippen LogP contribution in [0.2, 0.25) is 0 Å². The Labute approximate surface area is 129 Å². The lowest BCUT2D eigenvalue weighted by atomic mass is 9.72. The van der Waals surface area contributed by atoms with E-state index in [-0.39, 0.29) is 0 Å². The van der Waals surface area contributed by atoms with Crippen molar-refractivity contribution in [2.75, 3.05) is 13.6 Å². The summed E-state index contributed by atoms with van der Waals surface area (Å²) in [4.78, 5) is 2.67. The molecule has 2 aliphatic rings. The zero-order valence-corrected chi connectivity index (χ0v) is 13.7. The minimum atomic E-state index is 0.668. The van der Waals surface area contributed by atoms with Crippen molar-refractivity contribution in [1.82, 2.24) is 10.2 Å². The molecule has 0 spiro atoms. The molecule has 1 heterocycles. The van der Waals surface area contributed by atoms with Crippen LogP contribution in [-0.2, 0) is 6.54 Å². The first kappa shape index (κ1) is 15.1. The van der Waals surface area contributed by atoms with E-state index < -0.39 is 0 Å². The molecule has 0 radical (unpaired) electrons. The fourth-order valence-electron chi connectivity index (χ4n) is 4.21. The standard InChI is InChI=1S/C18H30N2O/c1-13-9-14(2)17(18(10-13)19-3)12-20(15-6-7-15)11-16-5-4-8-21-16/h4-5,8,13-15,17-19H,6-7,9-12H2,1-3H3. The lowest BCUT2D eigenvalue weighted by Gasteiger charge is -2.42. The molecule has 21 heavy (non-hydrogen) atoms. The Hall–Kier alpha value is -0.800. The number of rotatable bonds is 6. The maximum Gasteiger partial charge on any atom is 0.117 e. The summed E-state index contributed by atoms with van der Waals surface area (Å²) in [5, 5.41) is 3.59. The van der Waals surface area contributed by atoms with Gasteiger partial charge in [-0.2, -0.15) is 0 Å².